The molecule has 2 aromatic rings. The zero-order valence-electron chi connectivity index (χ0n) is 16.8. The SMILES string of the molecule is C[C@@H]1[C@@H](c2ccc(OCCCN3CCCCC3)cc2)Oc2cccnc2S1(=O)=O. The Kier molecular flexibility index (Phi) is 6.06. The number of fused-ring (bicyclic) bond motifs is 1. The van der Waals surface area contributed by atoms with Crippen LogP contribution in [0.15, 0.2) is 47.6 Å². The van der Waals surface area contributed by atoms with Crippen molar-refractivity contribution in [3.63, 3.8) is 0 Å². The Hall–Kier alpha value is -2.12. The topological polar surface area (TPSA) is 68.7 Å². The number of pyridine rings is 1. The van der Waals surface area contributed by atoms with Gasteiger partial charge in [0.2, 0.25) is 9.84 Å². The molecule has 6 nitrogen and oxygen atoms in total. The van der Waals surface area contributed by atoms with E-state index in [1.54, 1.807) is 19.1 Å². The van der Waals surface area contributed by atoms with Crippen LogP contribution < -0.4 is 9.47 Å². The second kappa shape index (κ2) is 8.71. The molecule has 1 fully saturated rings. The quantitative estimate of drug-likeness (QED) is 0.670. The van der Waals surface area contributed by atoms with Gasteiger partial charge < -0.3 is 14.4 Å². The Balaban J connectivity index is 1.36. The molecule has 0 N–H and O–H groups in total. The highest BCUT2D eigenvalue weighted by atomic mass is 32.2. The molecule has 7 heteroatoms. The van der Waals surface area contributed by atoms with Gasteiger partial charge in [-0.15, -0.1) is 0 Å². The van der Waals surface area contributed by atoms with Gasteiger partial charge >= 0.3 is 0 Å². The largest absolute Gasteiger partial charge is 0.494 e. The predicted molar refractivity (Wildman–Crippen MR) is 111 cm³/mol. The summed E-state index contributed by atoms with van der Waals surface area (Å²) in [7, 11) is -3.53. The van der Waals surface area contributed by atoms with E-state index >= 15 is 0 Å². The lowest BCUT2D eigenvalue weighted by Crippen LogP contribution is -2.34. The number of benzene rings is 1. The molecule has 2 aliphatic rings. The van der Waals surface area contributed by atoms with Gasteiger partial charge in [-0.3, -0.25) is 0 Å². The molecule has 29 heavy (non-hydrogen) atoms. The molecule has 1 aromatic heterocycles. The third kappa shape index (κ3) is 4.41. The summed E-state index contributed by atoms with van der Waals surface area (Å²) in [5.41, 5.74) is 0.816. The average molecular weight is 417 g/mol. The van der Waals surface area contributed by atoms with Crippen molar-refractivity contribution in [1.82, 2.24) is 9.88 Å². The van der Waals surface area contributed by atoms with E-state index in [2.05, 4.69) is 9.88 Å². The predicted octanol–water partition coefficient (Wildman–Crippen LogP) is 3.63. The van der Waals surface area contributed by atoms with Gasteiger partial charge in [0.25, 0.3) is 0 Å². The molecule has 0 bridgehead atoms. The first-order valence-electron chi connectivity index (χ1n) is 10.4. The molecule has 0 radical (unpaired) electrons. The van der Waals surface area contributed by atoms with Gasteiger partial charge in [-0.1, -0.05) is 18.6 Å². The first-order valence-corrected chi connectivity index (χ1v) is 11.9. The molecule has 0 unspecified atom stereocenters. The minimum atomic E-state index is -3.53. The summed E-state index contributed by atoms with van der Waals surface area (Å²) in [6, 6.07) is 10.9. The van der Waals surface area contributed by atoms with Gasteiger partial charge in [-0.2, -0.15) is 0 Å². The minimum Gasteiger partial charge on any atom is -0.494 e. The van der Waals surface area contributed by atoms with E-state index in [1.165, 1.54) is 38.5 Å². The van der Waals surface area contributed by atoms with Crippen LogP contribution in [0.2, 0.25) is 0 Å². The zero-order valence-corrected chi connectivity index (χ0v) is 17.6. The zero-order chi connectivity index (χ0) is 20.3. The maximum Gasteiger partial charge on any atom is 0.205 e. The molecule has 1 aromatic carbocycles. The smallest absolute Gasteiger partial charge is 0.205 e. The van der Waals surface area contributed by atoms with E-state index in [9.17, 15) is 8.42 Å². The number of rotatable bonds is 6. The van der Waals surface area contributed by atoms with E-state index < -0.39 is 21.2 Å². The number of piperidine rings is 1. The number of sulfone groups is 1. The Labute approximate surface area is 172 Å². The molecule has 156 valence electrons. The lowest BCUT2D eigenvalue weighted by Gasteiger charge is -2.30. The van der Waals surface area contributed by atoms with Crippen molar-refractivity contribution < 1.29 is 17.9 Å². The van der Waals surface area contributed by atoms with E-state index in [0.29, 0.717) is 12.4 Å². The number of hydrogen-bond acceptors (Lipinski definition) is 6. The lowest BCUT2D eigenvalue weighted by atomic mass is 10.1. The van der Waals surface area contributed by atoms with E-state index in [1.807, 2.05) is 24.3 Å². The fraction of sp³-hybridized carbons (Fsp3) is 0.500. The van der Waals surface area contributed by atoms with Gasteiger partial charge in [-0.05, 0) is 69.1 Å². The maximum absolute atomic E-state index is 12.8. The fourth-order valence-corrected chi connectivity index (χ4v) is 5.50. The van der Waals surface area contributed by atoms with Gasteiger partial charge in [0.15, 0.2) is 10.8 Å². The molecule has 0 aliphatic carbocycles. The van der Waals surface area contributed by atoms with Crippen molar-refractivity contribution in [2.75, 3.05) is 26.2 Å². The van der Waals surface area contributed by atoms with Crippen molar-refractivity contribution in [1.29, 1.82) is 0 Å². The van der Waals surface area contributed by atoms with Crippen LogP contribution in [0.25, 0.3) is 0 Å². The van der Waals surface area contributed by atoms with Crippen LogP contribution in [0, 0.1) is 0 Å². The monoisotopic (exact) mass is 416 g/mol. The van der Waals surface area contributed by atoms with Crippen molar-refractivity contribution in [3.05, 3.63) is 48.2 Å². The summed E-state index contributed by atoms with van der Waals surface area (Å²) in [6.07, 6.45) is 5.88. The summed E-state index contributed by atoms with van der Waals surface area (Å²) in [4.78, 5) is 6.51. The summed E-state index contributed by atoms with van der Waals surface area (Å²) in [6.45, 7) is 5.84. The Morgan fingerprint density at radius 1 is 1.14 bits per heavy atom. The highest BCUT2D eigenvalue weighted by molar-refractivity contribution is 7.92. The molecule has 0 amide bonds. The van der Waals surface area contributed by atoms with Crippen molar-refractivity contribution in [2.45, 2.75) is 49.0 Å². The first kappa shape index (κ1) is 20.2. The standard InChI is InChI=1S/C22H28N2O4S/c1-17-21(28-20-7-5-12-23-22(20)29(17,25)26)18-8-10-19(11-9-18)27-16-6-15-24-13-3-2-4-14-24/h5,7-12,17,21H,2-4,6,13-16H2,1H3/t17-,21+/m1/s1. The highest BCUT2D eigenvalue weighted by Gasteiger charge is 2.41. The second-order valence-electron chi connectivity index (χ2n) is 7.77. The molecule has 1 saturated heterocycles. The Bertz CT molecular complexity index is 924. The van der Waals surface area contributed by atoms with Crippen LogP contribution in [-0.4, -0.2) is 49.8 Å². The molecule has 0 spiro atoms. The van der Waals surface area contributed by atoms with E-state index in [4.69, 9.17) is 9.47 Å². The van der Waals surface area contributed by atoms with Crippen LogP contribution >= 0.6 is 0 Å². The number of aromatic nitrogens is 1. The van der Waals surface area contributed by atoms with Crippen LogP contribution in [0.5, 0.6) is 11.5 Å². The molecule has 2 atom stereocenters. The number of likely N-dealkylation sites (tertiary alicyclic amines) is 1. The Morgan fingerprint density at radius 2 is 1.90 bits per heavy atom. The molecular weight excluding hydrogens is 388 g/mol. The third-order valence-electron chi connectivity index (χ3n) is 5.72. The number of nitrogens with zero attached hydrogens (tertiary/aromatic N) is 2. The first-order chi connectivity index (χ1) is 14.1. The minimum absolute atomic E-state index is 0.0254. The fourth-order valence-electron chi connectivity index (χ4n) is 4.00. The summed E-state index contributed by atoms with van der Waals surface area (Å²) < 4.78 is 37.4. The highest BCUT2D eigenvalue weighted by Crippen LogP contribution is 2.39. The second-order valence-corrected chi connectivity index (χ2v) is 9.99. The summed E-state index contributed by atoms with van der Waals surface area (Å²) >= 11 is 0. The van der Waals surface area contributed by atoms with Gasteiger partial charge in [0, 0.05) is 12.7 Å². The number of hydrogen-bond donors (Lipinski definition) is 0. The normalized spacial score (nSPS) is 23.8. The van der Waals surface area contributed by atoms with E-state index in [0.717, 1.165) is 24.3 Å². The Morgan fingerprint density at radius 3 is 2.66 bits per heavy atom. The number of ether oxygens (including phenoxy) is 2. The summed E-state index contributed by atoms with van der Waals surface area (Å²) in [5, 5.41) is -0.682. The van der Waals surface area contributed by atoms with Gasteiger partial charge in [-0.25, -0.2) is 13.4 Å². The lowest BCUT2D eigenvalue weighted by molar-refractivity contribution is 0.186. The third-order valence-corrected chi connectivity index (χ3v) is 7.79. The van der Waals surface area contributed by atoms with Crippen LogP contribution in [0.3, 0.4) is 0 Å². The maximum atomic E-state index is 12.8. The van der Waals surface area contributed by atoms with Crippen molar-refractivity contribution in [3.8, 4) is 11.5 Å². The van der Waals surface area contributed by atoms with E-state index in [-0.39, 0.29) is 5.03 Å². The van der Waals surface area contributed by atoms with Crippen molar-refractivity contribution in [2.24, 2.45) is 0 Å². The van der Waals surface area contributed by atoms with Gasteiger partial charge in [0.05, 0.1) is 6.61 Å². The van der Waals surface area contributed by atoms with Crippen molar-refractivity contribution >= 4 is 9.84 Å². The molecular formula is C22H28N2O4S. The van der Waals surface area contributed by atoms with Gasteiger partial charge in [0.1, 0.15) is 17.1 Å². The molecule has 4 rings (SSSR count). The summed E-state index contributed by atoms with van der Waals surface area (Å²) in [5.74, 6) is 1.11. The van der Waals surface area contributed by atoms with Crippen LogP contribution in [0.4, 0.5) is 0 Å². The molecule has 0 saturated carbocycles. The van der Waals surface area contributed by atoms with Crippen LogP contribution in [0.1, 0.15) is 44.3 Å². The molecule has 2 aliphatic heterocycles. The van der Waals surface area contributed by atoms with Crippen LogP contribution in [-0.2, 0) is 9.84 Å². The molecule has 3 heterocycles. The average Bonchev–Trinajstić information content (AvgIpc) is 2.75.